The highest BCUT2D eigenvalue weighted by Gasteiger charge is 1.95. The first-order valence-electron chi connectivity index (χ1n) is 7.22. The molecule has 3 heteroatoms. The van der Waals surface area contributed by atoms with E-state index < -0.39 is 0 Å². The van der Waals surface area contributed by atoms with E-state index in [0.29, 0.717) is 12.5 Å². The van der Waals surface area contributed by atoms with Crippen LogP contribution in [0.4, 0.5) is 0 Å². The molecule has 0 heterocycles. The monoisotopic (exact) mass is 314 g/mol. The molecule has 0 spiro atoms. The summed E-state index contributed by atoms with van der Waals surface area (Å²) in [6.07, 6.45) is 1.73. The second-order valence-electron chi connectivity index (χ2n) is 4.72. The lowest BCUT2D eigenvalue weighted by Crippen LogP contribution is -1.97. The van der Waals surface area contributed by atoms with Crippen molar-refractivity contribution in [3.05, 3.63) is 59.7 Å². The number of benzene rings is 2. The van der Waals surface area contributed by atoms with E-state index in [-0.39, 0.29) is 0 Å². The fourth-order valence-corrected chi connectivity index (χ4v) is 2.07. The Labute approximate surface area is 137 Å². The topological polar surface area (TPSA) is 18.5 Å². The second kappa shape index (κ2) is 9.02. The predicted molar refractivity (Wildman–Crippen MR) is 90.9 cm³/mol. The average molecular weight is 315 g/mol. The van der Waals surface area contributed by atoms with Crippen LogP contribution in [0, 0.1) is 11.8 Å². The van der Waals surface area contributed by atoms with Gasteiger partial charge in [0, 0.05) is 12.0 Å². The average Bonchev–Trinajstić information content (AvgIpc) is 2.58. The van der Waals surface area contributed by atoms with Gasteiger partial charge in [-0.1, -0.05) is 24.0 Å². The van der Waals surface area contributed by atoms with Crippen LogP contribution in [-0.4, -0.2) is 19.6 Å². The van der Waals surface area contributed by atoms with Crippen LogP contribution in [0.25, 0.3) is 0 Å². The molecular weight excluding hydrogens is 296 g/mol. The number of hydrogen-bond donors (Lipinski definition) is 0. The van der Waals surface area contributed by atoms with Crippen molar-refractivity contribution in [1.82, 2.24) is 0 Å². The maximum Gasteiger partial charge on any atom is 0.119 e. The zero-order chi connectivity index (χ0) is 15.6. The summed E-state index contributed by atoms with van der Waals surface area (Å²) in [6.45, 7) is 0.521. The van der Waals surface area contributed by atoms with Crippen molar-refractivity contribution in [3.63, 3.8) is 0 Å². The highest BCUT2D eigenvalue weighted by atomic mass is 35.5. The normalized spacial score (nSPS) is 9.73. The third-order valence-corrected chi connectivity index (χ3v) is 3.26. The van der Waals surface area contributed by atoms with Gasteiger partial charge in [-0.2, -0.15) is 0 Å². The Morgan fingerprint density at radius 3 is 2.59 bits per heavy atom. The largest absolute Gasteiger partial charge is 0.497 e. The van der Waals surface area contributed by atoms with Crippen LogP contribution in [-0.2, 0) is 6.42 Å². The van der Waals surface area contributed by atoms with Crippen molar-refractivity contribution in [3.8, 4) is 23.3 Å². The van der Waals surface area contributed by atoms with E-state index in [4.69, 9.17) is 21.1 Å². The first-order valence-corrected chi connectivity index (χ1v) is 7.76. The van der Waals surface area contributed by atoms with Gasteiger partial charge in [0.05, 0.1) is 13.0 Å². The minimum absolute atomic E-state index is 0.492. The molecule has 0 saturated heterocycles. The predicted octanol–water partition coefficient (Wildman–Crippen LogP) is 4.30. The van der Waals surface area contributed by atoms with Crippen molar-refractivity contribution in [2.24, 2.45) is 0 Å². The Balaban J connectivity index is 1.85. The minimum Gasteiger partial charge on any atom is -0.497 e. The summed E-state index contributed by atoms with van der Waals surface area (Å²) in [6, 6.07) is 15.8. The molecule has 2 nitrogen and oxygen atoms in total. The van der Waals surface area contributed by atoms with E-state index in [0.717, 1.165) is 29.9 Å². The van der Waals surface area contributed by atoms with Crippen molar-refractivity contribution in [1.29, 1.82) is 0 Å². The Morgan fingerprint density at radius 1 is 1.05 bits per heavy atom. The minimum atomic E-state index is 0.492. The fraction of sp³-hybridized carbons (Fsp3) is 0.263. The molecule has 2 aromatic rings. The molecule has 0 N–H and O–H groups in total. The van der Waals surface area contributed by atoms with Gasteiger partial charge in [0.1, 0.15) is 18.1 Å². The Kier molecular flexibility index (Phi) is 6.67. The van der Waals surface area contributed by atoms with Crippen LogP contribution in [0.3, 0.4) is 0 Å². The molecule has 0 bridgehead atoms. The highest BCUT2D eigenvalue weighted by Crippen LogP contribution is 2.14. The molecule has 2 aromatic carbocycles. The number of aryl methyl sites for hydroxylation is 1. The molecule has 0 atom stereocenters. The zero-order valence-corrected chi connectivity index (χ0v) is 13.4. The fourth-order valence-electron chi connectivity index (χ4n) is 1.99. The molecular formula is C19H19ClO2. The summed E-state index contributed by atoms with van der Waals surface area (Å²) in [5.41, 5.74) is 2.22. The van der Waals surface area contributed by atoms with Crippen LogP contribution in [0.5, 0.6) is 11.5 Å². The van der Waals surface area contributed by atoms with Crippen LogP contribution in [0.1, 0.15) is 17.5 Å². The molecule has 0 saturated carbocycles. The summed E-state index contributed by atoms with van der Waals surface area (Å²) >= 11 is 5.58. The van der Waals surface area contributed by atoms with E-state index in [1.165, 1.54) is 5.56 Å². The van der Waals surface area contributed by atoms with E-state index in [2.05, 4.69) is 17.9 Å². The Bertz CT molecular complexity index is 638. The lowest BCUT2D eigenvalue weighted by molar-refractivity contribution is 0.343. The lowest BCUT2D eigenvalue weighted by atomic mass is 10.1. The quantitative estimate of drug-likeness (QED) is 0.585. The Hall–Kier alpha value is -2.11. The first kappa shape index (κ1) is 16.3. The smallest absolute Gasteiger partial charge is 0.119 e. The van der Waals surface area contributed by atoms with Crippen LogP contribution < -0.4 is 9.47 Å². The number of halogens is 1. The van der Waals surface area contributed by atoms with Crippen molar-refractivity contribution < 1.29 is 9.47 Å². The molecule has 114 valence electrons. The summed E-state index contributed by atoms with van der Waals surface area (Å²) in [4.78, 5) is 0. The van der Waals surface area contributed by atoms with E-state index >= 15 is 0 Å². The van der Waals surface area contributed by atoms with E-state index in [9.17, 15) is 0 Å². The van der Waals surface area contributed by atoms with Gasteiger partial charge in [0.15, 0.2) is 0 Å². The van der Waals surface area contributed by atoms with Crippen molar-refractivity contribution >= 4 is 11.6 Å². The van der Waals surface area contributed by atoms with Gasteiger partial charge in [0.2, 0.25) is 0 Å². The third kappa shape index (κ3) is 5.35. The number of methoxy groups -OCH3 is 1. The van der Waals surface area contributed by atoms with Gasteiger partial charge in [-0.25, -0.2) is 0 Å². The van der Waals surface area contributed by atoms with Gasteiger partial charge >= 0.3 is 0 Å². The molecule has 0 fully saturated rings. The van der Waals surface area contributed by atoms with E-state index in [1.807, 2.05) is 42.5 Å². The maximum atomic E-state index is 5.58. The van der Waals surface area contributed by atoms with Gasteiger partial charge in [0.25, 0.3) is 0 Å². The number of ether oxygens (including phenoxy) is 2. The summed E-state index contributed by atoms with van der Waals surface area (Å²) < 4.78 is 10.6. The third-order valence-electron chi connectivity index (χ3n) is 3.11. The number of alkyl halides is 1. The van der Waals surface area contributed by atoms with Gasteiger partial charge < -0.3 is 9.47 Å². The van der Waals surface area contributed by atoms with Crippen molar-refractivity contribution in [2.75, 3.05) is 19.6 Å². The molecule has 0 aliphatic carbocycles. The van der Waals surface area contributed by atoms with E-state index in [1.54, 1.807) is 7.11 Å². The Morgan fingerprint density at radius 2 is 1.86 bits per heavy atom. The zero-order valence-electron chi connectivity index (χ0n) is 12.6. The molecule has 0 aliphatic rings. The maximum absolute atomic E-state index is 5.58. The highest BCUT2D eigenvalue weighted by molar-refractivity contribution is 6.18. The number of hydrogen-bond acceptors (Lipinski definition) is 2. The van der Waals surface area contributed by atoms with Crippen LogP contribution in [0.15, 0.2) is 48.5 Å². The summed E-state index contributed by atoms with van der Waals surface area (Å²) in [5.74, 6) is 8.56. The number of rotatable bonds is 6. The summed E-state index contributed by atoms with van der Waals surface area (Å²) in [5, 5.41) is 0. The van der Waals surface area contributed by atoms with Crippen LogP contribution >= 0.6 is 11.6 Å². The molecule has 2 rings (SSSR count). The van der Waals surface area contributed by atoms with Gasteiger partial charge in [-0.15, -0.1) is 11.6 Å². The molecule has 0 amide bonds. The van der Waals surface area contributed by atoms with Gasteiger partial charge in [-0.05, 0) is 48.4 Å². The SMILES string of the molecule is COc1cccc(CCC#Cc2ccc(OCCCl)cc2)c1. The summed E-state index contributed by atoms with van der Waals surface area (Å²) in [7, 11) is 1.68. The van der Waals surface area contributed by atoms with Crippen molar-refractivity contribution in [2.45, 2.75) is 12.8 Å². The lowest BCUT2D eigenvalue weighted by Gasteiger charge is -2.03. The van der Waals surface area contributed by atoms with Gasteiger partial charge in [-0.3, -0.25) is 0 Å². The molecule has 0 unspecified atom stereocenters. The standard InChI is InChI=1S/C19H19ClO2/c1-21-19-8-4-7-17(15-19)6-3-2-5-16-9-11-18(12-10-16)22-14-13-20/h4,7-12,15H,3,6,13-14H2,1H3. The second-order valence-corrected chi connectivity index (χ2v) is 5.09. The first-order chi connectivity index (χ1) is 10.8. The molecule has 0 radical (unpaired) electrons. The van der Waals surface area contributed by atoms with Crippen LogP contribution in [0.2, 0.25) is 0 Å². The molecule has 22 heavy (non-hydrogen) atoms. The molecule has 0 aromatic heterocycles. The molecule has 0 aliphatic heterocycles.